The molecule has 0 saturated carbocycles. The maximum Gasteiger partial charge on any atom is 0.205 e. The standard InChI is InChI=1S/C20H13N3/c1-14-10-20(16-8-9-17(12-21)19(11-16)22-2)23-13-18(14)15-6-4-3-5-7-15/h3-11,13H,1H3. The molecule has 3 aromatic rings. The molecule has 3 heteroatoms. The zero-order valence-electron chi connectivity index (χ0n) is 12.6. The number of aromatic nitrogens is 1. The molecule has 0 N–H and O–H groups in total. The van der Waals surface area contributed by atoms with Crippen LogP contribution in [0.25, 0.3) is 27.2 Å². The Morgan fingerprint density at radius 1 is 1.04 bits per heavy atom. The zero-order valence-corrected chi connectivity index (χ0v) is 12.6. The molecule has 0 atom stereocenters. The van der Waals surface area contributed by atoms with Gasteiger partial charge in [-0.2, -0.15) is 5.26 Å². The number of hydrogen-bond donors (Lipinski definition) is 0. The van der Waals surface area contributed by atoms with Gasteiger partial charge in [0.05, 0.1) is 23.9 Å². The second kappa shape index (κ2) is 6.13. The van der Waals surface area contributed by atoms with Gasteiger partial charge in [0, 0.05) is 11.8 Å². The van der Waals surface area contributed by atoms with Crippen molar-refractivity contribution < 1.29 is 0 Å². The summed E-state index contributed by atoms with van der Waals surface area (Å²) in [5.41, 5.74) is 5.74. The SMILES string of the molecule is [C-]#[N+]c1cc(-c2cc(C)c(-c3ccccc3)cn2)ccc1C#N. The fourth-order valence-corrected chi connectivity index (χ4v) is 2.51. The lowest BCUT2D eigenvalue weighted by atomic mass is 10.00. The summed E-state index contributed by atoms with van der Waals surface area (Å²) in [6.45, 7) is 9.24. The van der Waals surface area contributed by atoms with Crippen LogP contribution in [0.2, 0.25) is 0 Å². The number of nitriles is 1. The van der Waals surface area contributed by atoms with Gasteiger partial charge in [-0.25, -0.2) is 4.85 Å². The molecule has 1 aromatic heterocycles. The second-order valence-electron chi connectivity index (χ2n) is 5.21. The second-order valence-corrected chi connectivity index (χ2v) is 5.21. The zero-order chi connectivity index (χ0) is 16.2. The smallest absolute Gasteiger partial charge is 0.205 e. The van der Waals surface area contributed by atoms with E-state index in [0.717, 1.165) is 27.9 Å². The largest absolute Gasteiger partial charge is 0.256 e. The molecule has 0 amide bonds. The highest BCUT2D eigenvalue weighted by Crippen LogP contribution is 2.29. The van der Waals surface area contributed by atoms with Crippen LogP contribution >= 0.6 is 0 Å². The number of nitrogens with zero attached hydrogens (tertiary/aromatic N) is 3. The van der Waals surface area contributed by atoms with E-state index in [-0.39, 0.29) is 0 Å². The normalized spacial score (nSPS) is 9.87. The van der Waals surface area contributed by atoms with Crippen molar-refractivity contribution in [3.63, 3.8) is 0 Å². The Morgan fingerprint density at radius 2 is 1.83 bits per heavy atom. The molecule has 0 aliphatic carbocycles. The molecule has 0 spiro atoms. The van der Waals surface area contributed by atoms with E-state index in [0.29, 0.717) is 11.3 Å². The predicted octanol–water partition coefficient (Wildman–Crippen LogP) is 5.15. The Labute approximate surface area is 135 Å². The van der Waals surface area contributed by atoms with E-state index >= 15 is 0 Å². The molecule has 0 bridgehead atoms. The van der Waals surface area contributed by atoms with Gasteiger partial charge in [0.15, 0.2) is 0 Å². The van der Waals surface area contributed by atoms with E-state index in [9.17, 15) is 0 Å². The van der Waals surface area contributed by atoms with Crippen LogP contribution in [0.1, 0.15) is 11.1 Å². The molecule has 0 radical (unpaired) electrons. The molecule has 0 saturated heterocycles. The summed E-state index contributed by atoms with van der Waals surface area (Å²) in [5, 5.41) is 9.01. The summed E-state index contributed by atoms with van der Waals surface area (Å²) in [6, 6.07) is 19.4. The van der Waals surface area contributed by atoms with Crippen LogP contribution in [0.3, 0.4) is 0 Å². The van der Waals surface area contributed by atoms with Gasteiger partial charge in [0.2, 0.25) is 5.69 Å². The van der Waals surface area contributed by atoms with Crippen LogP contribution in [0, 0.1) is 24.8 Å². The molecule has 108 valence electrons. The Morgan fingerprint density at radius 3 is 2.48 bits per heavy atom. The quantitative estimate of drug-likeness (QED) is 0.614. The molecule has 23 heavy (non-hydrogen) atoms. The van der Waals surface area contributed by atoms with Crippen LogP contribution in [0.5, 0.6) is 0 Å². The minimum atomic E-state index is 0.358. The van der Waals surface area contributed by atoms with Gasteiger partial charge in [0.1, 0.15) is 0 Å². The van der Waals surface area contributed by atoms with Crippen LogP contribution < -0.4 is 0 Å². The van der Waals surface area contributed by atoms with Crippen molar-refractivity contribution >= 4 is 5.69 Å². The highest BCUT2D eigenvalue weighted by Gasteiger charge is 2.08. The van der Waals surface area contributed by atoms with Crippen molar-refractivity contribution in [1.82, 2.24) is 4.98 Å². The maximum atomic E-state index is 9.01. The first-order valence-electron chi connectivity index (χ1n) is 7.17. The monoisotopic (exact) mass is 295 g/mol. The molecule has 3 rings (SSSR count). The van der Waals surface area contributed by atoms with Gasteiger partial charge in [-0.05, 0) is 35.7 Å². The Kier molecular flexibility index (Phi) is 3.87. The van der Waals surface area contributed by atoms with Gasteiger partial charge >= 0.3 is 0 Å². The molecular formula is C20H13N3. The summed E-state index contributed by atoms with van der Waals surface area (Å²) >= 11 is 0. The van der Waals surface area contributed by atoms with E-state index in [4.69, 9.17) is 11.8 Å². The van der Waals surface area contributed by atoms with Crippen molar-refractivity contribution in [3.8, 4) is 28.5 Å². The third-order valence-electron chi connectivity index (χ3n) is 3.73. The summed E-state index contributed by atoms with van der Waals surface area (Å²) < 4.78 is 0. The van der Waals surface area contributed by atoms with Crippen molar-refractivity contribution in [2.75, 3.05) is 0 Å². The minimum absolute atomic E-state index is 0.358. The lowest BCUT2D eigenvalue weighted by molar-refractivity contribution is 1.29. The molecule has 0 aliphatic rings. The number of hydrogen-bond acceptors (Lipinski definition) is 2. The van der Waals surface area contributed by atoms with Gasteiger partial charge in [-0.3, -0.25) is 4.98 Å². The van der Waals surface area contributed by atoms with Crippen molar-refractivity contribution in [2.45, 2.75) is 6.92 Å². The average Bonchev–Trinajstić information content (AvgIpc) is 2.61. The van der Waals surface area contributed by atoms with Crippen LogP contribution in [0.4, 0.5) is 5.69 Å². The van der Waals surface area contributed by atoms with Crippen LogP contribution in [0.15, 0.2) is 60.8 Å². The third kappa shape index (κ3) is 2.81. The molecule has 1 heterocycles. The lowest BCUT2D eigenvalue weighted by Gasteiger charge is -2.09. The molecular weight excluding hydrogens is 282 g/mol. The summed E-state index contributed by atoms with van der Waals surface area (Å²) in [4.78, 5) is 7.95. The Balaban J connectivity index is 2.05. The third-order valence-corrected chi connectivity index (χ3v) is 3.73. The van der Waals surface area contributed by atoms with Gasteiger partial charge < -0.3 is 0 Å². The number of aryl methyl sites for hydroxylation is 1. The van der Waals surface area contributed by atoms with Crippen molar-refractivity contribution in [2.24, 2.45) is 0 Å². The molecule has 3 nitrogen and oxygen atoms in total. The maximum absolute atomic E-state index is 9.01. The summed E-state index contributed by atoms with van der Waals surface area (Å²) in [5.74, 6) is 0. The fraction of sp³-hybridized carbons (Fsp3) is 0.0500. The first kappa shape index (κ1) is 14.5. The lowest BCUT2D eigenvalue weighted by Crippen LogP contribution is -1.90. The van der Waals surface area contributed by atoms with E-state index < -0.39 is 0 Å². The van der Waals surface area contributed by atoms with Crippen molar-refractivity contribution in [3.05, 3.63) is 83.3 Å². The molecule has 0 aliphatic heterocycles. The van der Waals surface area contributed by atoms with E-state index in [1.165, 1.54) is 0 Å². The first-order valence-corrected chi connectivity index (χ1v) is 7.17. The topological polar surface area (TPSA) is 41.0 Å². The predicted molar refractivity (Wildman–Crippen MR) is 90.8 cm³/mol. The van der Waals surface area contributed by atoms with Gasteiger partial charge in [-0.15, -0.1) is 0 Å². The van der Waals surface area contributed by atoms with E-state index in [2.05, 4.69) is 22.0 Å². The van der Waals surface area contributed by atoms with Crippen molar-refractivity contribution in [1.29, 1.82) is 5.26 Å². The molecule has 0 fully saturated rings. The molecule has 2 aromatic carbocycles. The summed E-state index contributed by atoms with van der Waals surface area (Å²) in [7, 11) is 0. The van der Waals surface area contributed by atoms with E-state index in [1.54, 1.807) is 12.1 Å². The Hall–Kier alpha value is -3.43. The fourth-order valence-electron chi connectivity index (χ4n) is 2.51. The summed E-state index contributed by atoms with van der Waals surface area (Å²) in [6.07, 6.45) is 1.86. The number of pyridine rings is 1. The minimum Gasteiger partial charge on any atom is -0.256 e. The van der Waals surface area contributed by atoms with Gasteiger partial charge in [0.25, 0.3) is 0 Å². The number of rotatable bonds is 2. The molecule has 0 unspecified atom stereocenters. The highest BCUT2D eigenvalue weighted by molar-refractivity contribution is 5.73. The highest BCUT2D eigenvalue weighted by atomic mass is 14.7. The Bertz CT molecular complexity index is 945. The van der Waals surface area contributed by atoms with Crippen LogP contribution in [-0.2, 0) is 0 Å². The number of benzene rings is 2. The van der Waals surface area contributed by atoms with E-state index in [1.807, 2.05) is 49.5 Å². The average molecular weight is 295 g/mol. The first-order chi connectivity index (χ1) is 11.2. The van der Waals surface area contributed by atoms with Crippen LogP contribution in [-0.4, -0.2) is 4.98 Å². The van der Waals surface area contributed by atoms with Gasteiger partial charge in [-0.1, -0.05) is 42.5 Å².